The fourth-order valence-corrected chi connectivity index (χ4v) is 5.29. The van der Waals surface area contributed by atoms with Gasteiger partial charge in [0.25, 0.3) is 0 Å². The number of sulfonamides is 1. The molecule has 22 heavy (non-hydrogen) atoms. The molecule has 122 valence electrons. The van der Waals surface area contributed by atoms with Crippen molar-refractivity contribution < 1.29 is 17.9 Å². The van der Waals surface area contributed by atoms with E-state index in [4.69, 9.17) is 9.47 Å². The third kappa shape index (κ3) is 2.82. The van der Waals surface area contributed by atoms with Gasteiger partial charge in [-0.2, -0.15) is 4.31 Å². The first-order valence-electron chi connectivity index (χ1n) is 7.83. The van der Waals surface area contributed by atoms with Crippen LogP contribution in [0.3, 0.4) is 0 Å². The predicted octanol–water partition coefficient (Wildman–Crippen LogP) is 2.28. The van der Waals surface area contributed by atoms with Crippen molar-refractivity contribution in [1.82, 2.24) is 4.31 Å². The Balaban J connectivity index is 1.70. The van der Waals surface area contributed by atoms with Crippen LogP contribution in [0.15, 0.2) is 24.3 Å². The van der Waals surface area contributed by atoms with Crippen molar-refractivity contribution in [2.45, 2.75) is 38.3 Å². The van der Waals surface area contributed by atoms with Gasteiger partial charge in [0.2, 0.25) is 10.0 Å². The van der Waals surface area contributed by atoms with E-state index >= 15 is 0 Å². The average Bonchev–Trinajstić information content (AvgIpc) is 3.14. The van der Waals surface area contributed by atoms with E-state index in [1.54, 1.807) is 18.3 Å². The second-order valence-corrected chi connectivity index (χ2v) is 8.17. The van der Waals surface area contributed by atoms with E-state index < -0.39 is 10.0 Å². The topological polar surface area (TPSA) is 55.8 Å². The molecule has 2 bridgehead atoms. The van der Waals surface area contributed by atoms with Crippen molar-refractivity contribution in [3.63, 3.8) is 0 Å². The number of ether oxygens (including phenoxy) is 2. The van der Waals surface area contributed by atoms with Gasteiger partial charge in [-0.15, -0.1) is 0 Å². The molecule has 1 saturated heterocycles. The van der Waals surface area contributed by atoms with E-state index in [9.17, 15) is 8.42 Å². The summed E-state index contributed by atoms with van der Waals surface area (Å²) in [6, 6.07) is 7.55. The Labute approximate surface area is 132 Å². The monoisotopic (exact) mass is 325 g/mol. The van der Waals surface area contributed by atoms with E-state index in [1.165, 1.54) is 0 Å². The van der Waals surface area contributed by atoms with Gasteiger partial charge in [0, 0.05) is 6.04 Å². The standard InChI is InChI=1S/C16H23NO4S/c1-3-22(18,19)17-13-5-4-12(10-13)16(17)11-21-15-8-6-14(20-2)7-9-15/h6-9,12-13,16H,3-5,10-11H2,1-2H3/t12-,13-,16-/m0/s1. The molecule has 0 radical (unpaired) electrons. The van der Waals surface area contributed by atoms with E-state index in [0.717, 1.165) is 30.8 Å². The van der Waals surface area contributed by atoms with Crippen LogP contribution in [0.25, 0.3) is 0 Å². The average molecular weight is 325 g/mol. The second-order valence-electron chi connectivity index (χ2n) is 6.01. The Hall–Kier alpha value is -1.27. The Morgan fingerprint density at radius 1 is 1.18 bits per heavy atom. The molecule has 1 aromatic rings. The molecule has 1 aliphatic heterocycles. The molecular weight excluding hydrogens is 302 g/mol. The Morgan fingerprint density at radius 3 is 2.50 bits per heavy atom. The smallest absolute Gasteiger partial charge is 0.214 e. The molecule has 1 saturated carbocycles. The number of piperidine rings is 1. The molecule has 6 heteroatoms. The fourth-order valence-electron chi connectivity index (χ4n) is 3.70. The normalized spacial score (nSPS) is 28.0. The number of hydrogen-bond donors (Lipinski definition) is 0. The zero-order valence-corrected chi connectivity index (χ0v) is 13.9. The summed E-state index contributed by atoms with van der Waals surface area (Å²) in [4.78, 5) is 0. The summed E-state index contributed by atoms with van der Waals surface area (Å²) >= 11 is 0. The van der Waals surface area contributed by atoms with Gasteiger partial charge in [0.05, 0.1) is 18.9 Å². The minimum absolute atomic E-state index is 0.0224. The molecular formula is C16H23NO4S. The van der Waals surface area contributed by atoms with E-state index in [-0.39, 0.29) is 17.8 Å². The minimum Gasteiger partial charge on any atom is -0.497 e. The Morgan fingerprint density at radius 2 is 1.86 bits per heavy atom. The molecule has 0 amide bonds. The zero-order valence-electron chi connectivity index (χ0n) is 13.1. The van der Waals surface area contributed by atoms with Crippen LogP contribution in [-0.2, 0) is 10.0 Å². The van der Waals surface area contributed by atoms with Crippen molar-refractivity contribution in [3.05, 3.63) is 24.3 Å². The van der Waals surface area contributed by atoms with Gasteiger partial charge in [-0.3, -0.25) is 0 Å². The zero-order chi connectivity index (χ0) is 15.7. The summed E-state index contributed by atoms with van der Waals surface area (Å²) in [5, 5.41) is 0. The first-order valence-corrected chi connectivity index (χ1v) is 9.44. The number of methoxy groups -OCH3 is 1. The number of benzene rings is 1. The molecule has 0 N–H and O–H groups in total. The van der Waals surface area contributed by atoms with Crippen LogP contribution in [0.4, 0.5) is 0 Å². The number of nitrogens with zero attached hydrogens (tertiary/aromatic N) is 1. The van der Waals surface area contributed by atoms with Gasteiger partial charge >= 0.3 is 0 Å². The predicted molar refractivity (Wildman–Crippen MR) is 84.7 cm³/mol. The maximum absolute atomic E-state index is 12.4. The van der Waals surface area contributed by atoms with Crippen molar-refractivity contribution >= 4 is 10.0 Å². The molecule has 1 aromatic carbocycles. The van der Waals surface area contributed by atoms with Crippen molar-refractivity contribution in [1.29, 1.82) is 0 Å². The maximum Gasteiger partial charge on any atom is 0.214 e. The van der Waals surface area contributed by atoms with Crippen molar-refractivity contribution in [2.24, 2.45) is 5.92 Å². The van der Waals surface area contributed by atoms with Crippen LogP contribution in [0.1, 0.15) is 26.2 Å². The summed E-state index contributed by atoms with van der Waals surface area (Å²) in [5.74, 6) is 2.12. The molecule has 0 unspecified atom stereocenters. The van der Waals surface area contributed by atoms with E-state index in [2.05, 4.69) is 0 Å². The van der Waals surface area contributed by atoms with Crippen LogP contribution >= 0.6 is 0 Å². The van der Waals surface area contributed by atoms with Gasteiger partial charge in [-0.05, 0) is 56.4 Å². The third-order valence-electron chi connectivity index (χ3n) is 4.84. The molecule has 3 rings (SSSR count). The highest BCUT2D eigenvalue weighted by Crippen LogP contribution is 2.44. The summed E-state index contributed by atoms with van der Waals surface area (Å²) in [6.07, 6.45) is 3.08. The van der Waals surface area contributed by atoms with Crippen LogP contribution in [0, 0.1) is 5.92 Å². The van der Waals surface area contributed by atoms with Crippen LogP contribution in [-0.4, -0.2) is 44.3 Å². The van der Waals surface area contributed by atoms with Gasteiger partial charge < -0.3 is 9.47 Å². The first-order chi connectivity index (χ1) is 10.5. The number of hydrogen-bond acceptors (Lipinski definition) is 4. The van der Waals surface area contributed by atoms with Crippen LogP contribution in [0.2, 0.25) is 0 Å². The van der Waals surface area contributed by atoms with E-state index in [1.807, 2.05) is 24.3 Å². The summed E-state index contributed by atoms with van der Waals surface area (Å²) < 4.78 is 37.4. The Kier molecular flexibility index (Phi) is 4.32. The number of fused-ring (bicyclic) bond motifs is 2. The fraction of sp³-hybridized carbons (Fsp3) is 0.625. The van der Waals surface area contributed by atoms with Crippen LogP contribution in [0.5, 0.6) is 11.5 Å². The highest BCUT2D eigenvalue weighted by molar-refractivity contribution is 7.89. The Bertz CT molecular complexity index is 614. The lowest BCUT2D eigenvalue weighted by atomic mass is 10.0. The van der Waals surface area contributed by atoms with Crippen molar-refractivity contribution in [2.75, 3.05) is 19.5 Å². The number of rotatable bonds is 6. The molecule has 2 fully saturated rings. The van der Waals surface area contributed by atoms with Gasteiger partial charge in [0.1, 0.15) is 18.1 Å². The molecule has 0 spiro atoms. The highest BCUT2D eigenvalue weighted by Gasteiger charge is 2.50. The summed E-state index contributed by atoms with van der Waals surface area (Å²) in [7, 11) is -1.54. The molecule has 3 atom stereocenters. The lowest BCUT2D eigenvalue weighted by Crippen LogP contribution is -2.48. The van der Waals surface area contributed by atoms with Gasteiger partial charge in [0.15, 0.2) is 0 Å². The minimum atomic E-state index is -3.16. The summed E-state index contributed by atoms with van der Waals surface area (Å²) in [6.45, 7) is 2.13. The van der Waals surface area contributed by atoms with Gasteiger partial charge in [-0.25, -0.2) is 8.42 Å². The quantitative estimate of drug-likeness (QED) is 0.805. The molecule has 2 aliphatic rings. The summed E-state index contributed by atoms with van der Waals surface area (Å²) in [5.41, 5.74) is 0. The van der Waals surface area contributed by atoms with Crippen LogP contribution < -0.4 is 9.47 Å². The van der Waals surface area contributed by atoms with E-state index in [0.29, 0.717) is 12.5 Å². The lowest BCUT2D eigenvalue weighted by Gasteiger charge is -2.33. The highest BCUT2D eigenvalue weighted by atomic mass is 32.2. The van der Waals surface area contributed by atoms with Crippen molar-refractivity contribution in [3.8, 4) is 11.5 Å². The molecule has 1 aliphatic carbocycles. The van der Waals surface area contributed by atoms with Gasteiger partial charge in [-0.1, -0.05) is 0 Å². The molecule has 0 aromatic heterocycles. The second kappa shape index (κ2) is 6.08. The maximum atomic E-state index is 12.4. The third-order valence-corrected chi connectivity index (χ3v) is 6.78. The molecule has 1 heterocycles. The largest absolute Gasteiger partial charge is 0.497 e. The first kappa shape index (κ1) is 15.6. The molecule has 5 nitrogen and oxygen atoms in total. The SMILES string of the molecule is CCS(=O)(=O)N1[C@H]2CC[C@@H](C2)[C@@H]1COc1ccc(OC)cc1. The lowest BCUT2D eigenvalue weighted by molar-refractivity contribution is 0.162.